The molecule has 0 saturated carbocycles. The van der Waals surface area contributed by atoms with Gasteiger partial charge in [0.1, 0.15) is 5.82 Å². The molecule has 0 bridgehead atoms. The van der Waals surface area contributed by atoms with Gasteiger partial charge in [0.2, 0.25) is 5.91 Å². The average molecular weight is 252 g/mol. The maximum atomic E-state index is 11.1. The highest BCUT2D eigenvalue weighted by atomic mass is 16.5. The number of nitrogens with one attached hydrogen (secondary N) is 1. The molecule has 7 heteroatoms. The molecule has 0 aliphatic rings. The maximum absolute atomic E-state index is 11.1. The first kappa shape index (κ1) is 13.9. The summed E-state index contributed by atoms with van der Waals surface area (Å²) in [4.78, 5) is 21.6. The van der Waals surface area contributed by atoms with Gasteiger partial charge in [0, 0.05) is 13.0 Å². The Morgan fingerprint density at radius 3 is 2.67 bits per heavy atom. The Morgan fingerprint density at radius 2 is 2.11 bits per heavy atom. The van der Waals surface area contributed by atoms with E-state index in [1.807, 2.05) is 0 Å². The van der Waals surface area contributed by atoms with Gasteiger partial charge in [-0.1, -0.05) is 0 Å². The van der Waals surface area contributed by atoms with Gasteiger partial charge in [0.05, 0.1) is 7.11 Å². The van der Waals surface area contributed by atoms with Crippen LogP contribution in [0.4, 0.5) is 5.82 Å². The minimum atomic E-state index is -0.518. The number of carbonyl (C=O) groups excluding carboxylic acids is 2. The van der Waals surface area contributed by atoms with Crippen molar-refractivity contribution < 1.29 is 14.3 Å². The molecule has 1 aromatic rings. The normalized spacial score (nSPS) is 9.83. The molecule has 0 saturated heterocycles. The highest BCUT2D eigenvalue weighted by Crippen LogP contribution is 2.04. The second kappa shape index (κ2) is 7.21. The van der Waals surface area contributed by atoms with Gasteiger partial charge in [-0.15, -0.1) is 10.2 Å². The van der Waals surface area contributed by atoms with Gasteiger partial charge < -0.3 is 15.8 Å². The Hall–Kier alpha value is -2.18. The molecule has 98 valence electrons. The molecule has 0 aromatic carbocycles. The molecule has 3 N–H and O–H groups in total. The Morgan fingerprint density at radius 1 is 1.33 bits per heavy atom. The van der Waals surface area contributed by atoms with Crippen molar-refractivity contribution in [1.29, 1.82) is 0 Å². The summed E-state index contributed by atoms with van der Waals surface area (Å²) in [6.07, 6.45) is 1.92. The first-order chi connectivity index (χ1) is 8.63. The monoisotopic (exact) mass is 252 g/mol. The third kappa shape index (κ3) is 4.77. The quantitative estimate of drug-likeness (QED) is 0.535. The van der Waals surface area contributed by atoms with E-state index in [0.29, 0.717) is 18.8 Å². The van der Waals surface area contributed by atoms with Crippen molar-refractivity contribution in [2.75, 3.05) is 19.0 Å². The number of hydrogen-bond donors (Lipinski definition) is 2. The standard InChI is InChI=1S/C11H16N4O3/c1-18-11(17)8-5-6-10(15-14-8)13-7-3-2-4-9(12)16/h5-6H,2-4,7H2,1H3,(H2,12,16)(H,13,15). The molecule has 0 atom stereocenters. The number of methoxy groups -OCH3 is 1. The molecular weight excluding hydrogens is 236 g/mol. The summed E-state index contributed by atoms with van der Waals surface area (Å²) in [7, 11) is 1.29. The maximum Gasteiger partial charge on any atom is 0.358 e. The van der Waals surface area contributed by atoms with Crippen molar-refractivity contribution in [1.82, 2.24) is 10.2 Å². The van der Waals surface area contributed by atoms with Gasteiger partial charge in [0.15, 0.2) is 5.69 Å². The lowest BCUT2D eigenvalue weighted by atomic mass is 10.2. The van der Waals surface area contributed by atoms with Gasteiger partial charge in [-0.05, 0) is 25.0 Å². The van der Waals surface area contributed by atoms with Crippen LogP contribution in [0, 0.1) is 0 Å². The third-order valence-corrected chi connectivity index (χ3v) is 2.22. The lowest BCUT2D eigenvalue weighted by Crippen LogP contribution is -2.11. The fourth-order valence-electron chi connectivity index (χ4n) is 1.28. The van der Waals surface area contributed by atoms with E-state index >= 15 is 0 Å². The van der Waals surface area contributed by atoms with E-state index in [4.69, 9.17) is 5.73 Å². The second-order valence-corrected chi connectivity index (χ2v) is 3.65. The summed E-state index contributed by atoms with van der Waals surface area (Å²) >= 11 is 0. The predicted octanol–water partition coefficient (Wildman–Crippen LogP) is 0.331. The molecule has 0 unspecified atom stereocenters. The molecule has 0 aliphatic carbocycles. The summed E-state index contributed by atoms with van der Waals surface area (Å²) in [5.74, 6) is -0.241. The zero-order valence-electron chi connectivity index (χ0n) is 10.2. The van der Waals surface area contributed by atoms with Crippen molar-refractivity contribution in [3.63, 3.8) is 0 Å². The van der Waals surface area contributed by atoms with Crippen LogP contribution in [-0.4, -0.2) is 35.7 Å². The van der Waals surface area contributed by atoms with E-state index in [-0.39, 0.29) is 11.6 Å². The van der Waals surface area contributed by atoms with E-state index in [1.54, 1.807) is 6.07 Å². The van der Waals surface area contributed by atoms with Crippen LogP contribution < -0.4 is 11.1 Å². The lowest BCUT2D eigenvalue weighted by Gasteiger charge is -2.04. The van der Waals surface area contributed by atoms with Crippen LogP contribution in [-0.2, 0) is 9.53 Å². The summed E-state index contributed by atoms with van der Waals surface area (Å²) in [6, 6.07) is 3.18. The number of ether oxygens (including phenoxy) is 1. The van der Waals surface area contributed by atoms with Crippen LogP contribution in [0.15, 0.2) is 12.1 Å². The van der Waals surface area contributed by atoms with E-state index in [9.17, 15) is 9.59 Å². The second-order valence-electron chi connectivity index (χ2n) is 3.65. The van der Waals surface area contributed by atoms with Crippen molar-refractivity contribution in [2.24, 2.45) is 5.73 Å². The van der Waals surface area contributed by atoms with E-state index in [2.05, 4.69) is 20.3 Å². The lowest BCUT2D eigenvalue weighted by molar-refractivity contribution is -0.118. The number of rotatable bonds is 7. The number of esters is 1. The largest absolute Gasteiger partial charge is 0.464 e. The molecular formula is C11H16N4O3. The zero-order chi connectivity index (χ0) is 13.4. The first-order valence-corrected chi connectivity index (χ1v) is 5.57. The van der Waals surface area contributed by atoms with E-state index in [0.717, 1.165) is 12.8 Å². The topological polar surface area (TPSA) is 107 Å². The third-order valence-electron chi connectivity index (χ3n) is 2.22. The minimum Gasteiger partial charge on any atom is -0.464 e. The summed E-state index contributed by atoms with van der Waals surface area (Å²) in [5, 5.41) is 10.6. The van der Waals surface area contributed by atoms with Gasteiger partial charge >= 0.3 is 5.97 Å². The van der Waals surface area contributed by atoms with Gasteiger partial charge in [-0.25, -0.2) is 4.79 Å². The van der Waals surface area contributed by atoms with Crippen molar-refractivity contribution in [2.45, 2.75) is 19.3 Å². The number of nitrogens with two attached hydrogens (primary N) is 1. The number of hydrogen-bond acceptors (Lipinski definition) is 6. The molecule has 7 nitrogen and oxygen atoms in total. The number of aromatic nitrogens is 2. The molecule has 1 heterocycles. The highest BCUT2D eigenvalue weighted by Gasteiger charge is 2.07. The van der Waals surface area contributed by atoms with Crippen molar-refractivity contribution in [3.8, 4) is 0 Å². The minimum absolute atomic E-state index is 0.164. The van der Waals surface area contributed by atoms with Crippen LogP contribution in [0.1, 0.15) is 29.8 Å². The Balaban J connectivity index is 2.31. The number of unbranched alkanes of at least 4 members (excludes halogenated alkanes) is 1. The Bertz CT molecular complexity index is 405. The molecule has 0 aliphatic heterocycles. The van der Waals surface area contributed by atoms with E-state index in [1.165, 1.54) is 13.2 Å². The van der Waals surface area contributed by atoms with Gasteiger partial charge in [-0.2, -0.15) is 0 Å². The molecule has 1 aromatic heterocycles. The zero-order valence-corrected chi connectivity index (χ0v) is 10.2. The van der Waals surface area contributed by atoms with Crippen LogP contribution in [0.25, 0.3) is 0 Å². The van der Waals surface area contributed by atoms with Crippen LogP contribution in [0.5, 0.6) is 0 Å². The van der Waals surface area contributed by atoms with Crippen LogP contribution in [0.2, 0.25) is 0 Å². The fourth-order valence-corrected chi connectivity index (χ4v) is 1.28. The summed E-state index contributed by atoms with van der Waals surface area (Å²) in [5.41, 5.74) is 5.18. The number of primary amides is 1. The smallest absolute Gasteiger partial charge is 0.358 e. The molecule has 1 amide bonds. The molecule has 0 spiro atoms. The van der Waals surface area contributed by atoms with Gasteiger partial charge in [0.25, 0.3) is 0 Å². The molecule has 0 radical (unpaired) electrons. The van der Waals surface area contributed by atoms with Crippen molar-refractivity contribution >= 4 is 17.7 Å². The van der Waals surface area contributed by atoms with Crippen molar-refractivity contribution in [3.05, 3.63) is 17.8 Å². The molecule has 0 fully saturated rings. The average Bonchev–Trinajstić information content (AvgIpc) is 2.38. The number of amides is 1. The summed E-state index contributed by atoms with van der Waals surface area (Å²) < 4.78 is 4.51. The number of carbonyl (C=O) groups is 2. The highest BCUT2D eigenvalue weighted by molar-refractivity contribution is 5.86. The van der Waals surface area contributed by atoms with Crippen LogP contribution >= 0.6 is 0 Å². The van der Waals surface area contributed by atoms with E-state index < -0.39 is 5.97 Å². The summed E-state index contributed by atoms with van der Waals surface area (Å²) in [6.45, 7) is 0.666. The van der Waals surface area contributed by atoms with Crippen LogP contribution in [0.3, 0.4) is 0 Å². The Labute approximate surface area is 105 Å². The van der Waals surface area contributed by atoms with Gasteiger partial charge in [-0.3, -0.25) is 4.79 Å². The molecule has 18 heavy (non-hydrogen) atoms. The molecule has 1 rings (SSSR count). The number of anilines is 1. The Kier molecular flexibility index (Phi) is 5.56. The fraction of sp³-hybridized carbons (Fsp3) is 0.455. The predicted molar refractivity (Wildman–Crippen MR) is 64.9 cm³/mol. The SMILES string of the molecule is COC(=O)c1ccc(NCCCCC(N)=O)nn1. The number of nitrogens with zero attached hydrogens (tertiary/aromatic N) is 2. The first-order valence-electron chi connectivity index (χ1n) is 5.57.